The molecule has 2 rings (SSSR count). The van der Waals surface area contributed by atoms with Crippen molar-refractivity contribution in [1.82, 2.24) is 9.80 Å². The molecule has 0 aromatic heterocycles. The average Bonchev–Trinajstić information content (AvgIpc) is 2.89. The van der Waals surface area contributed by atoms with Crippen molar-refractivity contribution in [1.29, 1.82) is 0 Å². The molecule has 2 aliphatic rings. The second-order valence-corrected chi connectivity index (χ2v) is 5.99. The smallest absolute Gasteiger partial charge is 0.0138 e. The molecule has 0 radical (unpaired) electrons. The van der Waals surface area contributed by atoms with Gasteiger partial charge in [-0.2, -0.15) is 0 Å². The van der Waals surface area contributed by atoms with Crippen molar-refractivity contribution in [2.45, 2.75) is 58.0 Å². The highest BCUT2D eigenvalue weighted by atomic mass is 15.2. The molecule has 1 saturated heterocycles. The Kier molecular flexibility index (Phi) is 5.46. The minimum atomic E-state index is 0.758. The first-order chi connectivity index (χ1) is 8.80. The fraction of sp³-hybridized carbons (Fsp3) is 1.00. The van der Waals surface area contributed by atoms with Gasteiger partial charge >= 0.3 is 0 Å². The molecule has 106 valence electrons. The van der Waals surface area contributed by atoms with E-state index in [2.05, 4.69) is 23.6 Å². The van der Waals surface area contributed by atoms with Crippen LogP contribution in [0.4, 0.5) is 0 Å². The van der Waals surface area contributed by atoms with Crippen LogP contribution in [0.2, 0.25) is 0 Å². The Labute approximate surface area is 113 Å². The SMILES string of the molecule is CCN1CCC(N(CC)C2CCCC2CN)CC1. The Hall–Kier alpha value is -0.120. The summed E-state index contributed by atoms with van der Waals surface area (Å²) in [4.78, 5) is 5.37. The molecule has 0 spiro atoms. The quantitative estimate of drug-likeness (QED) is 0.812. The molecule has 0 bridgehead atoms. The van der Waals surface area contributed by atoms with Crippen molar-refractivity contribution >= 4 is 0 Å². The molecule has 1 heterocycles. The first-order valence-corrected chi connectivity index (χ1v) is 7.98. The Morgan fingerprint density at radius 3 is 2.39 bits per heavy atom. The van der Waals surface area contributed by atoms with Crippen LogP contribution in [0, 0.1) is 5.92 Å². The summed E-state index contributed by atoms with van der Waals surface area (Å²) in [5.41, 5.74) is 5.95. The van der Waals surface area contributed by atoms with E-state index in [0.29, 0.717) is 0 Å². The maximum Gasteiger partial charge on any atom is 0.0138 e. The van der Waals surface area contributed by atoms with Crippen LogP contribution in [0.25, 0.3) is 0 Å². The van der Waals surface area contributed by atoms with E-state index in [-0.39, 0.29) is 0 Å². The molecule has 2 unspecified atom stereocenters. The standard InChI is InChI=1S/C15H31N3/c1-3-17-10-8-14(9-11-17)18(4-2)15-7-5-6-13(15)12-16/h13-15H,3-12,16H2,1-2H3. The zero-order valence-corrected chi connectivity index (χ0v) is 12.3. The molecule has 2 fully saturated rings. The molecule has 3 nitrogen and oxygen atoms in total. The zero-order chi connectivity index (χ0) is 13.0. The van der Waals surface area contributed by atoms with Gasteiger partial charge < -0.3 is 10.6 Å². The highest BCUT2D eigenvalue weighted by Crippen LogP contribution is 2.32. The van der Waals surface area contributed by atoms with Gasteiger partial charge in [0.05, 0.1) is 0 Å². The molecule has 2 N–H and O–H groups in total. The van der Waals surface area contributed by atoms with Crippen LogP contribution in [-0.4, -0.2) is 54.6 Å². The van der Waals surface area contributed by atoms with E-state index in [9.17, 15) is 0 Å². The molecule has 18 heavy (non-hydrogen) atoms. The summed E-state index contributed by atoms with van der Waals surface area (Å²) < 4.78 is 0. The van der Waals surface area contributed by atoms with E-state index in [1.807, 2.05) is 0 Å². The first kappa shape index (κ1) is 14.3. The van der Waals surface area contributed by atoms with Gasteiger partial charge in [-0.1, -0.05) is 20.3 Å². The van der Waals surface area contributed by atoms with E-state index in [1.165, 1.54) is 58.3 Å². The summed E-state index contributed by atoms with van der Waals surface area (Å²) in [6, 6.07) is 1.59. The average molecular weight is 253 g/mol. The topological polar surface area (TPSA) is 32.5 Å². The molecule has 1 aliphatic heterocycles. The van der Waals surface area contributed by atoms with Crippen LogP contribution in [0.1, 0.15) is 46.0 Å². The van der Waals surface area contributed by atoms with Gasteiger partial charge in [0.25, 0.3) is 0 Å². The van der Waals surface area contributed by atoms with Crippen molar-refractivity contribution in [3.05, 3.63) is 0 Å². The fourth-order valence-electron chi connectivity index (χ4n) is 4.06. The molecule has 0 amide bonds. The third-order valence-electron chi connectivity index (χ3n) is 5.19. The van der Waals surface area contributed by atoms with Gasteiger partial charge in [0.2, 0.25) is 0 Å². The third-order valence-corrected chi connectivity index (χ3v) is 5.19. The van der Waals surface area contributed by atoms with Crippen molar-refractivity contribution in [2.24, 2.45) is 11.7 Å². The third kappa shape index (κ3) is 3.06. The minimum absolute atomic E-state index is 0.758. The van der Waals surface area contributed by atoms with Crippen molar-refractivity contribution in [2.75, 3.05) is 32.7 Å². The molecule has 3 heteroatoms. The predicted molar refractivity (Wildman–Crippen MR) is 77.7 cm³/mol. The second-order valence-electron chi connectivity index (χ2n) is 5.99. The van der Waals surface area contributed by atoms with Crippen LogP contribution in [0.5, 0.6) is 0 Å². The normalized spacial score (nSPS) is 31.3. The maximum absolute atomic E-state index is 5.95. The second kappa shape index (κ2) is 6.88. The van der Waals surface area contributed by atoms with Gasteiger partial charge in [-0.05, 0) is 64.3 Å². The van der Waals surface area contributed by atoms with Crippen molar-refractivity contribution in [3.63, 3.8) is 0 Å². The lowest BCUT2D eigenvalue weighted by Crippen LogP contribution is -2.50. The molecule has 2 atom stereocenters. The Morgan fingerprint density at radius 1 is 1.11 bits per heavy atom. The Bertz CT molecular complexity index is 236. The molecule has 0 aromatic carbocycles. The molecule has 1 aliphatic carbocycles. The van der Waals surface area contributed by atoms with E-state index >= 15 is 0 Å². The summed E-state index contributed by atoms with van der Waals surface area (Å²) in [6.07, 6.45) is 6.83. The van der Waals surface area contributed by atoms with Crippen LogP contribution >= 0.6 is 0 Å². The van der Waals surface area contributed by atoms with Gasteiger partial charge in [0, 0.05) is 12.1 Å². The number of nitrogens with two attached hydrogens (primary N) is 1. The molecular weight excluding hydrogens is 222 g/mol. The largest absolute Gasteiger partial charge is 0.330 e. The highest BCUT2D eigenvalue weighted by Gasteiger charge is 2.34. The fourth-order valence-corrected chi connectivity index (χ4v) is 4.06. The summed E-state index contributed by atoms with van der Waals surface area (Å²) in [7, 11) is 0. The minimum Gasteiger partial charge on any atom is -0.330 e. The van der Waals surface area contributed by atoms with Gasteiger partial charge in [-0.3, -0.25) is 4.90 Å². The van der Waals surface area contributed by atoms with Crippen molar-refractivity contribution < 1.29 is 0 Å². The van der Waals surface area contributed by atoms with Gasteiger partial charge in [0.1, 0.15) is 0 Å². The first-order valence-electron chi connectivity index (χ1n) is 7.98. The van der Waals surface area contributed by atoms with Crippen LogP contribution < -0.4 is 5.73 Å². The molecule has 1 saturated carbocycles. The Balaban J connectivity index is 1.92. The number of rotatable bonds is 5. The highest BCUT2D eigenvalue weighted by molar-refractivity contribution is 4.90. The van der Waals surface area contributed by atoms with Gasteiger partial charge in [-0.15, -0.1) is 0 Å². The van der Waals surface area contributed by atoms with E-state index < -0.39 is 0 Å². The summed E-state index contributed by atoms with van der Waals surface area (Å²) in [5.74, 6) is 0.758. The number of piperidine rings is 1. The molecule has 0 aromatic rings. The number of hydrogen-bond acceptors (Lipinski definition) is 3. The lowest BCUT2D eigenvalue weighted by Gasteiger charge is -2.42. The number of likely N-dealkylation sites (tertiary alicyclic amines) is 1. The Morgan fingerprint density at radius 2 is 1.83 bits per heavy atom. The summed E-state index contributed by atoms with van der Waals surface area (Å²) >= 11 is 0. The lowest BCUT2D eigenvalue weighted by atomic mass is 9.96. The van der Waals surface area contributed by atoms with Crippen molar-refractivity contribution in [3.8, 4) is 0 Å². The van der Waals surface area contributed by atoms with Crippen LogP contribution in [-0.2, 0) is 0 Å². The van der Waals surface area contributed by atoms with E-state index in [0.717, 1.165) is 24.5 Å². The summed E-state index contributed by atoms with van der Waals surface area (Å²) in [6.45, 7) is 10.5. The molecular formula is C15H31N3. The number of hydrogen-bond donors (Lipinski definition) is 1. The monoisotopic (exact) mass is 253 g/mol. The van der Waals surface area contributed by atoms with Gasteiger partial charge in [0.15, 0.2) is 0 Å². The summed E-state index contributed by atoms with van der Waals surface area (Å²) in [5, 5.41) is 0. The van der Waals surface area contributed by atoms with Crippen LogP contribution in [0.3, 0.4) is 0 Å². The van der Waals surface area contributed by atoms with E-state index in [4.69, 9.17) is 5.73 Å². The lowest BCUT2D eigenvalue weighted by molar-refractivity contribution is 0.0649. The van der Waals surface area contributed by atoms with Gasteiger partial charge in [-0.25, -0.2) is 0 Å². The maximum atomic E-state index is 5.95. The van der Waals surface area contributed by atoms with E-state index in [1.54, 1.807) is 0 Å². The predicted octanol–water partition coefficient (Wildman–Crippen LogP) is 1.92. The van der Waals surface area contributed by atoms with Crippen LogP contribution in [0.15, 0.2) is 0 Å². The zero-order valence-electron chi connectivity index (χ0n) is 12.3. The number of nitrogens with zero attached hydrogens (tertiary/aromatic N) is 2.